The fraction of sp³-hybridized carbons (Fsp3) is 0.933. The van der Waals surface area contributed by atoms with Crippen molar-refractivity contribution in [1.82, 2.24) is 15.5 Å². The molecule has 0 bridgehead atoms. The Morgan fingerprint density at radius 2 is 1.68 bits per heavy atom. The highest BCUT2D eigenvalue weighted by molar-refractivity contribution is 5.79. The summed E-state index contributed by atoms with van der Waals surface area (Å²) in [5.41, 5.74) is 0.0806. The van der Waals surface area contributed by atoms with E-state index in [-0.39, 0.29) is 5.54 Å². The van der Waals surface area contributed by atoms with E-state index in [1.54, 1.807) is 0 Å². The van der Waals surface area contributed by atoms with Crippen LogP contribution >= 0.6 is 0 Å². The number of hydrogen-bond acceptors (Lipinski definition) is 2. The highest BCUT2D eigenvalue weighted by Crippen LogP contribution is 2.10. The number of nitrogens with one attached hydrogen (secondary N) is 2. The average Bonchev–Trinajstić information content (AvgIpc) is 2.36. The van der Waals surface area contributed by atoms with E-state index in [1.165, 1.54) is 12.8 Å². The van der Waals surface area contributed by atoms with E-state index >= 15 is 0 Å². The van der Waals surface area contributed by atoms with Gasteiger partial charge in [-0.15, -0.1) is 0 Å². The first-order chi connectivity index (χ1) is 8.87. The SMILES string of the molecule is CCNC(=NCC(C)(C)N(C)C)NCC(CC)CC. The van der Waals surface area contributed by atoms with E-state index in [0.717, 1.165) is 31.5 Å². The van der Waals surface area contributed by atoms with E-state index in [4.69, 9.17) is 4.99 Å². The molecule has 4 nitrogen and oxygen atoms in total. The van der Waals surface area contributed by atoms with Gasteiger partial charge in [-0.25, -0.2) is 0 Å². The zero-order valence-electron chi connectivity index (χ0n) is 14.0. The van der Waals surface area contributed by atoms with Gasteiger partial charge in [0.1, 0.15) is 0 Å². The van der Waals surface area contributed by atoms with E-state index in [9.17, 15) is 0 Å². The molecule has 0 aromatic rings. The number of guanidine groups is 1. The summed E-state index contributed by atoms with van der Waals surface area (Å²) in [5.74, 6) is 1.66. The third-order valence-electron chi connectivity index (χ3n) is 3.89. The van der Waals surface area contributed by atoms with Crippen LogP contribution in [0.3, 0.4) is 0 Å². The third kappa shape index (κ3) is 7.41. The molecule has 0 aliphatic heterocycles. The molecule has 2 N–H and O–H groups in total. The van der Waals surface area contributed by atoms with Crippen LogP contribution in [-0.2, 0) is 0 Å². The summed E-state index contributed by atoms with van der Waals surface area (Å²) < 4.78 is 0. The Bertz CT molecular complexity index is 255. The highest BCUT2D eigenvalue weighted by atomic mass is 15.2. The van der Waals surface area contributed by atoms with Crippen molar-refractivity contribution in [2.45, 2.75) is 53.0 Å². The second-order valence-corrected chi connectivity index (χ2v) is 5.97. The Morgan fingerprint density at radius 1 is 1.11 bits per heavy atom. The van der Waals surface area contributed by atoms with Gasteiger partial charge in [0.2, 0.25) is 0 Å². The van der Waals surface area contributed by atoms with Gasteiger partial charge in [-0.05, 0) is 40.8 Å². The van der Waals surface area contributed by atoms with E-state index in [2.05, 4.69) is 64.2 Å². The summed E-state index contributed by atoms with van der Waals surface area (Å²) in [4.78, 5) is 6.91. The van der Waals surface area contributed by atoms with Crippen LogP contribution in [0.5, 0.6) is 0 Å². The number of nitrogens with zero attached hydrogens (tertiary/aromatic N) is 2. The lowest BCUT2D eigenvalue weighted by Crippen LogP contribution is -2.44. The smallest absolute Gasteiger partial charge is 0.191 e. The molecular formula is C15H34N4. The van der Waals surface area contributed by atoms with Gasteiger partial charge >= 0.3 is 0 Å². The van der Waals surface area contributed by atoms with E-state index in [0.29, 0.717) is 0 Å². The molecule has 0 heterocycles. The first-order valence-electron chi connectivity index (χ1n) is 7.56. The second-order valence-electron chi connectivity index (χ2n) is 5.97. The molecule has 0 amide bonds. The predicted molar refractivity (Wildman–Crippen MR) is 85.8 cm³/mol. The van der Waals surface area contributed by atoms with Gasteiger partial charge in [-0.1, -0.05) is 26.7 Å². The molecule has 0 aliphatic rings. The van der Waals surface area contributed by atoms with Crippen LogP contribution < -0.4 is 10.6 Å². The largest absolute Gasteiger partial charge is 0.357 e. The quantitative estimate of drug-likeness (QED) is 0.525. The maximum Gasteiger partial charge on any atom is 0.191 e. The van der Waals surface area contributed by atoms with E-state index in [1.807, 2.05) is 0 Å². The van der Waals surface area contributed by atoms with Crippen LogP contribution in [0.1, 0.15) is 47.5 Å². The molecular weight excluding hydrogens is 236 g/mol. The van der Waals surface area contributed by atoms with E-state index < -0.39 is 0 Å². The number of aliphatic imine (C=N–C) groups is 1. The summed E-state index contributed by atoms with van der Waals surface area (Å²) in [6.45, 7) is 13.7. The Hall–Kier alpha value is -0.770. The number of likely N-dealkylation sites (N-methyl/N-ethyl adjacent to an activating group) is 1. The fourth-order valence-corrected chi connectivity index (χ4v) is 1.57. The van der Waals surface area contributed by atoms with Crippen molar-refractivity contribution in [1.29, 1.82) is 0 Å². The minimum Gasteiger partial charge on any atom is -0.357 e. The first-order valence-corrected chi connectivity index (χ1v) is 7.56. The molecule has 19 heavy (non-hydrogen) atoms. The minimum absolute atomic E-state index is 0.0806. The third-order valence-corrected chi connectivity index (χ3v) is 3.89. The monoisotopic (exact) mass is 270 g/mol. The molecule has 0 fully saturated rings. The van der Waals surface area contributed by atoms with Crippen molar-refractivity contribution in [3.63, 3.8) is 0 Å². The van der Waals surface area contributed by atoms with Crippen LogP contribution in [0.15, 0.2) is 4.99 Å². The maximum absolute atomic E-state index is 4.70. The van der Waals surface area contributed by atoms with Crippen molar-refractivity contribution in [3.8, 4) is 0 Å². The van der Waals surface area contributed by atoms with Gasteiger partial charge in [0.05, 0.1) is 6.54 Å². The Balaban J connectivity index is 4.46. The van der Waals surface area contributed by atoms with Crippen molar-refractivity contribution < 1.29 is 0 Å². The number of rotatable bonds is 8. The van der Waals surface area contributed by atoms with Gasteiger partial charge < -0.3 is 15.5 Å². The van der Waals surface area contributed by atoms with Crippen LogP contribution in [0.2, 0.25) is 0 Å². The second kappa shape index (κ2) is 9.18. The van der Waals surface area contributed by atoms with Gasteiger partial charge in [-0.3, -0.25) is 4.99 Å². The summed E-state index contributed by atoms with van der Waals surface area (Å²) >= 11 is 0. The summed E-state index contributed by atoms with van der Waals surface area (Å²) in [5, 5.41) is 6.77. The molecule has 0 aliphatic carbocycles. The van der Waals surface area contributed by atoms with Crippen molar-refractivity contribution in [3.05, 3.63) is 0 Å². The molecule has 0 rings (SSSR count). The predicted octanol–water partition coefficient (Wildman–Crippen LogP) is 2.32. The summed E-state index contributed by atoms with van der Waals surface area (Å²) in [7, 11) is 4.19. The minimum atomic E-state index is 0.0806. The molecule has 4 heteroatoms. The molecule has 0 unspecified atom stereocenters. The normalized spacial score (nSPS) is 13.2. The fourth-order valence-electron chi connectivity index (χ4n) is 1.57. The average molecular weight is 270 g/mol. The molecule has 0 saturated heterocycles. The highest BCUT2D eigenvalue weighted by Gasteiger charge is 2.19. The maximum atomic E-state index is 4.70. The molecule has 0 aromatic heterocycles. The first kappa shape index (κ1) is 18.2. The lowest BCUT2D eigenvalue weighted by atomic mass is 10.0. The van der Waals surface area contributed by atoms with Crippen LogP contribution in [0.25, 0.3) is 0 Å². The molecule has 0 atom stereocenters. The van der Waals surface area contributed by atoms with Crippen LogP contribution in [0, 0.1) is 5.92 Å². The summed E-state index contributed by atoms with van der Waals surface area (Å²) in [6.07, 6.45) is 2.43. The van der Waals surface area contributed by atoms with Gasteiger partial charge in [-0.2, -0.15) is 0 Å². The van der Waals surface area contributed by atoms with Crippen molar-refractivity contribution in [2.75, 3.05) is 33.7 Å². The van der Waals surface area contributed by atoms with Gasteiger partial charge in [0.15, 0.2) is 5.96 Å². The molecule has 114 valence electrons. The van der Waals surface area contributed by atoms with Crippen LogP contribution in [-0.4, -0.2) is 50.1 Å². The Labute approximate surface area is 120 Å². The van der Waals surface area contributed by atoms with Gasteiger partial charge in [0.25, 0.3) is 0 Å². The van der Waals surface area contributed by atoms with Crippen molar-refractivity contribution in [2.24, 2.45) is 10.9 Å². The molecule has 0 aromatic carbocycles. The molecule has 0 radical (unpaired) electrons. The Morgan fingerprint density at radius 3 is 2.11 bits per heavy atom. The molecule has 0 saturated carbocycles. The van der Waals surface area contributed by atoms with Crippen LogP contribution in [0.4, 0.5) is 0 Å². The lowest BCUT2D eigenvalue weighted by Gasteiger charge is -2.31. The topological polar surface area (TPSA) is 39.7 Å². The molecule has 0 spiro atoms. The number of hydrogen-bond donors (Lipinski definition) is 2. The zero-order chi connectivity index (χ0) is 14.9. The Kier molecular flexibility index (Phi) is 8.81. The van der Waals surface area contributed by atoms with Gasteiger partial charge in [0, 0.05) is 18.6 Å². The zero-order valence-corrected chi connectivity index (χ0v) is 14.0. The summed E-state index contributed by atoms with van der Waals surface area (Å²) in [6, 6.07) is 0. The standard InChI is InChI=1S/C15H34N4/c1-8-13(9-2)11-17-14(16-10-3)18-12-15(4,5)19(6)7/h13H,8-12H2,1-7H3,(H2,16,17,18). The lowest BCUT2D eigenvalue weighted by molar-refractivity contribution is 0.204. The van der Waals surface area contributed by atoms with Crippen molar-refractivity contribution >= 4 is 5.96 Å².